The van der Waals surface area contributed by atoms with Crippen molar-refractivity contribution in [1.82, 2.24) is 9.66 Å². The van der Waals surface area contributed by atoms with Crippen LogP contribution in [0.4, 0.5) is 0 Å². The van der Waals surface area contributed by atoms with Gasteiger partial charge in [-0.25, -0.2) is 4.98 Å². The normalized spacial score (nSPS) is 11.6. The van der Waals surface area contributed by atoms with Crippen molar-refractivity contribution in [3.8, 4) is 0 Å². The van der Waals surface area contributed by atoms with Gasteiger partial charge in [-0.05, 0) is 48.6 Å². The van der Waals surface area contributed by atoms with E-state index in [-0.39, 0.29) is 5.56 Å². The summed E-state index contributed by atoms with van der Waals surface area (Å²) in [6.45, 7) is 4.16. The molecule has 0 aliphatic rings. The van der Waals surface area contributed by atoms with Crippen molar-refractivity contribution >= 4 is 44.4 Å². The van der Waals surface area contributed by atoms with E-state index in [2.05, 4.69) is 32.9 Å². The second kappa shape index (κ2) is 7.40. The van der Waals surface area contributed by atoms with Crippen LogP contribution in [0.25, 0.3) is 10.9 Å². The van der Waals surface area contributed by atoms with Gasteiger partial charge in [-0.2, -0.15) is 9.78 Å². The highest BCUT2D eigenvalue weighted by molar-refractivity contribution is 9.10. The molecular weight excluding hydrogens is 386 g/mol. The summed E-state index contributed by atoms with van der Waals surface area (Å²) in [6.07, 6.45) is 4.50. The van der Waals surface area contributed by atoms with Gasteiger partial charge in [0.1, 0.15) is 5.82 Å². The van der Waals surface area contributed by atoms with Gasteiger partial charge >= 0.3 is 0 Å². The van der Waals surface area contributed by atoms with Crippen molar-refractivity contribution in [3.63, 3.8) is 0 Å². The highest BCUT2D eigenvalue weighted by Crippen LogP contribution is 2.17. The first-order chi connectivity index (χ1) is 11.6. The molecule has 1 aromatic carbocycles. The molecule has 0 aliphatic carbocycles. The fraction of sp³-hybridized carbons (Fsp3) is 0.278. The van der Waals surface area contributed by atoms with E-state index in [1.165, 1.54) is 4.68 Å². The highest BCUT2D eigenvalue weighted by atomic mass is 79.9. The van der Waals surface area contributed by atoms with Gasteiger partial charge in [-0.3, -0.25) is 4.79 Å². The molecule has 4 nitrogen and oxygen atoms in total. The Balaban J connectivity index is 2.15. The van der Waals surface area contributed by atoms with Crippen molar-refractivity contribution in [3.05, 3.63) is 60.7 Å². The van der Waals surface area contributed by atoms with E-state index >= 15 is 0 Å². The summed E-state index contributed by atoms with van der Waals surface area (Å²) in [4.78, 5) is 18.6. The molecule has 0 N–H and O–H groups in total. The number of benzene rings is 1. The van der Waals surface area contributed by atoms with Crippen LogP contribution in [0.3, 0.4) is 0 Å². The van der Waals surface area contributed by atoms with Crippen LogP contribution in [0, 0.1) is 6.92 Å². The molecule has 0 amide bonds. The Morgan fingerprint density at radius 2 is 2.21 bits per heavy atom. The molecular formula is C18H18BrN3OS. The fourth-order valence-electron chi connectivity index (χ4n) is 2.44. The first-order valence-corrected chi connectivity index (χ1v) is 9.57. The standard InChI is InChI=1S/C18H18BrN3OS/c1-3-4-5-17-21-15-7-6-13(19)10-14(15)18(23)22(17)20-11-16-12(2)8-9-24-16/h6-11H,3-5H2,1-2H3. The van der Waals surface area contributed by atoms with Crippen LogP contribution in [0.1, 0.15) is 36.0 Å². The maximum Gasteiger partial charge on any atom is 0.282 e. The van der Waals surface area contributed by atoms with Crippen LogP contribution >= 0.6 is 27.3 Å². The number of thiophene rings is 1. The van der Waals surface area contributed by atoms with Gasteiger partial charge < -0.3 is 0 Å². The minimum atomic E-state index is -0.127. The molecule has 0 saturated heterocycles. The highest BCUT2D eigenvalue weighted by Gasteiger charge is 2.11. The van der Waals surface area contributed by atoms with E-state index < -0.39 is 0 Å². The van der Waals surface area contributed by atoms with Crippen LogP contribution in [0.2, 0.25) is 0 Å². The average molecular weight is 404 g/mol. The van der Waals surface area contributed by atoms with Crippen LogP contribution in [0.15, 0.2) is 44.0 Å². The number of unbranched alkanes of at least 4 members (excludes halogenated alkanes) is 1. The van der Waals surface area contributed by atoms with Gasteiger partial charge in [0.25, 0.3) is 5.56 Å². The van der Waals surface area contributed by atoms with Gasteiger partial charge in [0.05, 0.1) is 22.0 Å². The molecule has 0 unspecified atom stereocenters. The monoisotopic (exact) mass is 403 g/mol. The van der Waals surface area contributed by atoms with E-state index in [9.17, 15) is 4.79 Å². The summed E-state index contributed by atoms with van der Waals surface area (Å²) in [5.41, 5.74) is 1.74. The minimum Gasteiger partial charge on any atom is -0.267 e. The summed E-state index contributed by atoms with van der Waals surface area (Å²) in [5.74, 6) is 0.710. The number of aryl methyl sites for hydroxylation is 2. The molecule has 3 aromatic rings. The van der Waals surface area contributed by atoms with Crippen molar-refractivity contribution in [1.29, 1.82) is 0 Å². The number of nitrogens with zero attached hydrogens (tertiary/aromatic N) is 3. The SMILES string of the molecule is CCCCc1nc2ccc(Br)cc2c(=O)n1N=Cc1sccc1C. The van der Waals surface area contributed by atoms with E-state index in [0.29, 0.717) is 16.7 Å². The predicted octanol–water partition coefficient (Wildman–Crippen LogP) is 4.75. The van der Waals surface area contributed by atoms with E-state index in [4.69, 9.17) is 0 Å². The fourth-order valence-corrected chi connectivity index (χ4v) is 3.58. The molecule has 24 heavy (non-hydrogen) atoms. The Kier molecular flexibility index (Phi) is 5.26. The lowest BCUT2D eigenvalue weighted by molar-refractivity contribution is 0.675. The summed E-state index contributed by atoms with van der Waals surface area (Å²) < 4.78 is 2.31. The van der Waals surface area contributed by atoms with Crippen LogP contribution in [0.5, 0.6) is 0 Å². The maximum atomic E-state index is 12.9. The number of aromatic nitrogens is 2. The molecule has 0 radical (unpaired) electrons. The smallest absolute Gasteiger partial charge is 0.267 e. The first-order valence-electron chi connectivity index (χ1n) is 7.89. The molecule has 0 fully saturated rings. The molecule has 0 bridgehead atoms. The number of halogens is 1. The topological polar surface area (TPSA) is 47.2 Å². The number of hydrogen-bond acceptors (Lipinski definition) is 4. The summed E-state index contributed by atoms with van der Waals surface area (Å²) in [7, 11) is 0. The van der Waals surface area contributed by atoms with E-state index in [0.717, 1.165) is 34.2 Å². The number of fused-ring (bicyclic) bond motifs is 1. The van der Waals surface area contributed by atoms with Gasteiger partial charge in [-0.15, -0.1) is 11.3 Å². The maximum absolute atomic E-state index is 12.9. The molecule has 0 atom stereocenters. The van der Waals surface area contributed by atoms with Gasteiger partial charge in [0.15, 0.2) is 0 Å². The number of rotatable bonds is 5. The Morgan fingerprint density at radius 1 is 1.38 bits per heavy atom. The molecule has 0 spiro atoms. The molecule has 124 valence electrons. The van der Waals surface area contributed by atoms with Crippen LogP contribution in [-0.2, 0) is 6.42 Å². The third kappa shape index (κ3) is 3.49. The van der Waals surface area contributed by atoms with E-state index in [1.807, 2.05) is 30.5 Å². The predicted molar refractivity (Wildman–Crippen MR) is 104 cm³/mol. The van der Waals surface area contributed by atoms with Crippen LogP contribution in [-0.4, -0.2) is 15.9 Å². The molecule has 3 rings (SSSR count). The Labute approximate surface area is 153 Å². The molecule has 2 aromatic heterocycles. The quantitative estimate of drug-likeness (QED) is 0.576. The van der Waals surface area contributed by atoms with Crippen molar-refractivity contribution in [2.24, 2.45) is 5.10 Å². The second-order valence-corrected chi connectivity index (χ2v) is 7.49. The lowest BCUT2D eigenvalue weighted by atomic mass is 10.2. The van der Waals surface area contributed by atoms with Gasteiger partial charge in [-0.1, -0.05) is 29.3 Å². The Hall–Kier alpha value is -1.79. The van der Waals surface area contributed by atoms with E-state index in [1.54, 1.807) is 23.6 Å². The lowest BCUT2D eigenvalue weighted by Crippen LogP contribution is -2.22. The largest absolute Gasteiger partial charge is 0.282 e. The zero-order chi connectivity index (χ0) is 17.1. The summed E-state index contributed by atoms with van der Waals surface area (Å²) in [5, 5.41) is 7.05. The van der Waals surface area contributed by atoms with Gasteiger partial charge in [0, 0.05) is 10.9 Å². The molecule has 0 saturated carbocycles. The zero-order valence-electron chi connectivity index (χ0n) is 13.6. The summed E-state index contributed by atoms with van der Waals surface area (Å²) in [6, 6.07) is 7.62. The van der Waals surface area contributed by atoms with Crippen LogP contribution < -0.4 is 5.56 Å². The molecule has 0 aliphatic heterocycles. The summed E-state index contributed by atoms with van der Waals surface area (Å²) >= 11 is 5.03. The number of hydrogen-bond donors (Lipinski definition) is 0. The third-order valence-corrected chi connectivity index (χ3v) is 5.27. The first kappa shape index (κ1) is 17.0. The van der Waals surface area contributed by atoms with Crippen molar-refractivity contribution in [2.45, 2.75) is 33.1 Å². The molecule has 6 heteroatoms. The van der Waals surface area contributed by atoms with Crippen molar-refractivity contribution < 1.29 is 0 Å². The Bertz CT molecular complexity index is 959. The zero-order valence-corrected chi connectivity index (χ0v) is 16.0. The lowest BCUT2D eigenvalue weighted by Gasteiger charge is -2.09. The van der Waals surface area contributed by atoms with Gasteiger partial charge in [0.2, 0.25) is 0 Å². The third-order valence-electron chi connectivity index (χ3n) is 3.82. The minimum absolute atomic E-state index is 0.127. The second-order valence-electron chi connectivity index (χ2n) is 5.62. The molecule has 2 heterocycles. The van der Waals surface area contributed by atoms with Crippen molar-refractivity contribution in [2.75, 3.05) is 0 Å². The average Bonchev–Trinajstić information content (AvgIpc) is 2.98. The Morgan fingerprint density at radius 3 is 2.92 bits per heavy atom.